The zero-order valence-electron chi connectivity index (χ0n) is 8.54. The Morgan fingerprint density at radius 3 is 3.08 bits per heavy atom. The largest absolute Gasteiger partial charge is 0.395 e. The topological polar surface area (TPSA) is 23.5 Å². The SMILES string of the molecule is CCSCCCN1CCC[C@@H]1CO. The van der Waals surface area contributed by atoms with Crippen LogP contribution in [0.5, 0.6) is 0 Å². The van der Waals surface area contributed by atoms with E-state index in [4.69, 9.17) is 5.11 Å². The average Bonchev–Trinajstić information content (AvgIpc) is 2.60. The van der Waals surface area contributed by atoms with Crippen LogP contribution >= 0.6 is 11.8 Å². The summed E-state index contributed by atoms with van der Waals surface area (Å²) in [5.74, 6) is 2.49. The molecule has 1 N–H and O–H groups in total. The first-order valence-electron chi connectivity index (χ1n) is 5.31. The van der Waals surface area contributed by atoms with Crippen molar-refractivity contribution >= 4 is 11.8 Å². The van der Waals surface area contributed by atoms with E-state index in [1.165, 1.54) is 43.9 Å². The minimum Gasteiger partial charge on any atom is -0.395 e. The smallest absolute Gasteiger partial charge is 0.0586 e. The zero-order chi connectivity index (χ0) is 9.52. The van der Waals surface area contributed by atoms with Crippen molar-refractivity contribution in [2.75, 3.05) is 31.2 Å². The molecule has 1 atom stereocenters. The first-order chi connectivity index (χ1) is 6.38. The summed E-state index contributed by atoms with van der Waals surface area (Å²) in [4.78, 5) is 2.44. The molecule has 0 spiro atoms. The molecule has 0 radical (unpaired) electrons. The number of aliphatic hydroxyl groups excluding tert-OH is 1. The fourth-order valence-corrected chi connectivity index (χ4v) is 2.53. The fourth-order valence-electron chi connectivity index (χ4n) is 1.91. The third kappa shape index (κ3) is 3.88. The Kier molecular flexibility index (Phi) is 5.83. The van der Waals surface area contributed by atoms with Gasteiger partial charge in [0.2, 0.25) is 0 Å². The maximum atomic E-state index is 9.09. The van der Waals surface area contributed by atoms with Crippen LogP contribution in [-0.2, 0) is 0 Å². The van der Waals surface area contributed by atoms with Crippen LogP contribution < -0.4 is 0 Å². The van der Waals surface area contributed by atoms with Gasteiger partial charge in [0.05, 0.1) is 6.61 Å². The molecule has 13 heavy (non-hydrogen) atoms. The molecule has 0 amide bonds. The Morgan fingerprint density at radius 2 is 2.38 bits per heavy atom. The maximum Gasteiger partial charge on any atom is 0.0586 e. The van der Waals surface area contributed by atoms with Crippen molar-refractivity contribution in [1.29, 1.82) is 0 Å². The lowest BCUT2D eigenvalue weighted by Crippen LogP contribution is -2.33. The number of thioether (sulfide) groups is 1. The number of aliphatic hydroxyl groups is 1. The Hall–Kier alpha value is 0.270. The Morgan fingerprint density at radius 1 is 1.54 bits per heavy atom. The molecule has 1 aliphatic rings. The molecule has 0 bridgehead atoms. The summed E-state index contributed by atoms with van der Waals surface area (Å²) in [6.45, 7) is 4.93. The maximum absolute atomic E-state index is 9.09. The molecule has 3 heteroatoms. The highest BCUT2D eigenvalue weighted by Crippen LogP contribution is 2.17. The predicted octanol–water partition coefficient (Wildman–Crippen LogP) is 1.59. The molecule has 0 aromatic heterocycles. The summed E-state index contributed by atoms with van der Waals surface area (Å²) in [5.41, 5.74) is 0. The lowest BCUT2D eigenvalue weighted by Gasteiger charge is -2.22. The van der Waals surface area contributed by atoms with Crippen LogP contribution in [0.1, 0.15) is 26.2 Å². The van der Waals surface area contributed by atoms with Crippen molar-refractivity contribution in [2.24, 2.45) is 0 Å². The molecule has 1 aliphatic heterocycles. The quantitative estimate of drug-likeness (QED) is 0.663. The van der Waals surface area contributed by atoms with Gasteiger partial charge in [-0.05, 0) is 43.9 Å². The van der Waals surface area contributed by atoms with Gasteiger partial charge in [0.1, 0.15) is 0 Å². The summed E-state index contributed by atoms with van der Waals surface area (Å²) < 4.78 is 0. The van der Waals surface area contributed by atoms with Crippen molar-refractivity contribution < 1.29 is 5.11 Å². The van der Waals surface area contributed by atoms with Gasteiger partial charge >= 0.3 is 0 Å². The molecule has 1 rings (SSSR count). The summed E-state index contributed by atoms with van der Waals surface area (Å²) in [6.07, 6.45) is 3.73. The normalized spacial score (nSPS) is 24.0. The van der Waals surface area contributed by atoms with Gasteiger partial charge < -0.3 is 5.11 Å². The van der Waals surface area contributed by atoms with Gasteiger partial charge in [-0.2, -0.15) is 11.8 Å². The first-order valence-corrected chi connectivity index (χ1v) is 6.46. The second kappa shape index (κ2) is 6.68. The molecule has 1 heterocycles. The third-order valence-corrected chi connectivity index (χ3v) is 3.63. The Labute approximate surface area is 85.7 Å². The molecule has 78 valence electrons. The lowest BCUT2D eigenvalue weighted by atomic mass is 10.2. The van der Waals surface area contributed by atoms with Crippen LogP contribution in [0.4, 0.5) is 0 Å². The molecule has 1 saturated heterocycles. The minimum atomic E-state index is 0.348. The summed E-state index contributed by atoms with van der Waals surface area (Å²) in [6, 6.07) is 0.464. The lowest BCUT2D eigenvalue weighted by molar-refractivity contribution is 0.159. The number of rotatable bonds is 6. The van der Waals surface area contributed by atoms with Crippen molar-refractivity contribution in [1.82, 2.24) is 4.90 Å². The Balaban J connectivity index is 2.06. The van der Waals surface area contributed by atoms with Crippen LogP contribution in [0.3, 0.4) is 0 Å². The first kappa shape index (κ1) is 11.3. The van der Waals surface area contributed by atoms with Crippen molar-refractivity contribution in [3.63, 3.8) is 0 Å². The standard InChI is InChI=1S/C10H21NOS/c1-2-13-8-4-7-11-6-3-5-10(11)9-12/h10,12H,2-9H2,1H3/t10-/m1/s1. The molecule has 1 fully saturated rings. The third-order valence-electron chi connectivity index (χ3n) is 2.65. The summed E-state index contributed by atoms with van der Waals surface area (Å²) in [7, 11) is 0. The molecule has 0 saturated carbocycles. The predicted molar refractivity (Wildman–Crippen MR) is 59.3 cm³/mol. The number of nitrogens with zero attached hydrogens (tertiary/aromatic N) is 1. The molecular formula is C10H21NOS. The number of likely N-dealkylation sites (tertiary alicyclic amines) is 1. The van der Waals surface area contributed by atoms with Gasteiger partial charge in [-0.15, -0.1) is 0 Å². The second-order valence-electron chi connectivity index (χ2n) is 3.57. The highest BCUT2D eigenvalue weighted by molar-refractivity contribution is 7.99. The minimum absolute atomic E-state index is 0.348. The van der Waals surface area contributed by atoms with Gasteiger partial charge in [0.15, 0.2) is 0 Å². The van der Waals surface area contributed by atoms with Crippen LogP contribution in [-0.4, -0.2) is 47.3 Å². The number of hydrogen-bond donors (Lipinski definition) is 1. The van der Waals surface area contributed by atoms with E-state index in [1.54, 1.807) is 0 Å². The molecule has 0 aromatic rings. The number of hydrogen-bond acceptors (Lipinski definition) is 3. The van der Waals surface area contributed by atoms with Crippen molar-refractivity contribution in [3.8, 4) is 0 Å². The van der Waals surface area contributed by atoms with E-state index < -0.39 is 0 Å². The van der Waals surface area contributed by atoms with Gasteiger partial charge in [-0.1, -0.05) is 6.92 Å². The van der Waals surface area contributed by atoms with E-state index in [0.717, 1.165) is 0 Å². The monoisotopic (exact) mass is 203 g/mol. The molecule has 0 unspecified atom stereocenters. The summed E-state index contributed by atoms with van der Waals surface area (Å²) >= 11 is 2.01. The van der Waals surface area contributed by atoms with E-state index in [9.17, 15) is 0 Å². The van der Waals surface area contributed by atoms with E-state index in [2.05, 4.69) is 11.8 Å². The zero-order valence-corrected chi connectivity index (χ0v) is 9.35. The van der Waals surface area contributed by atoms with Gasteiger partial charge in [-0.25, -0.2) is 0 Å². The highest BCUT2D eigenvalue weighted by atomic mass is 32.2. The van der Waals surface area contributed by atoms with Crippen LogP contribution in [0, 0.1) is 0 Å². The van der Waals surface area contributed by atoms with Crippen molar-refractivity contribution in [3.05, 3.63) is 0 Å². The molecular weight excluding hydrogens is 182 g/mol. The van der Waals surface area contributed by atoms with Crippen molar-refractivity contribution in [2.45, 2.75) is 32.2 Å². The van der Waals surface area contributed by atoms with E-state index >= 15 is 0 Å². The molecule has 2 nitrogen and oxygen atoms in total. The van der Waals surface area contributed by atoms with E-state index in [0.29, 0.717) is 12.6 Å². The van der Waals surface area contributed by atoms with Gasteiger partial charge in [0, 0.05) is 6.04 Å². The van der Waals surface area contributed by atoms with Crippen LogP contribution in [0.25, 0.3) is 0 Å². The van der Waals surface area contributed by atoms with Crippen LogP contribution in [0.2, 0.25) is 0 Å². The van der Waals surface area contributed by atoms with Gasteiger partial charge in [-0.3, -0.25) is 4.90 Å². The Bertz CT molecular complexity index is 132. The second-order valence-corrected chi connectivity index (χ2v) is 4.96. The molecule has 0 aliphatic carbocycles. The average molecular weight is 203 g/mol. The van der Waals surface area contributed by atoms with Gasteiger partial charge in [0.25, 0.3) is 0 Å². The van der Waals surface area contributed by atoms with E-state index in [-0.39, 0.29) is 0 Å². The van der Waals surface area contributed by atoms with Crippen LogP contribution in [0.15, 0.2) is 0 Å². The molecule has 0 aromatic carbocycles. The fraction of sp³-hybridized carbons (Fsp3) is 1.00. The summed E-state index contributed by atoms with van der Waals surface area (Å²) in [5, 5.41) is 9.09. The van der Waals surface area contributed by atoms with E-state index in [1.807, 2.05) is 11.8 Å². The highest BCUT2D eigenvalue weighted by Gasteiger charge is 2.22.